The number of rotatable bonds is 8. The number of phenolic OH excluding ortho intramolecular Hbond substituents is 2. The number of hydrogen-bond donors (Lipinski definition) is 4. The molecule has 0 aliphatic carbocycles. The summed E-state index contributed by atoms with van der Waals surface area (Å²) >= 11 is 1.12. The molecular formula is C26H17FN6O6S. The van der Waals surface area contributed by atoms with E-state index in [1.54, 1.807) is 18.2 Å². The van der Waals surface area contributed by atoms with Crippen molar-refractivity contribution in [2.75, 3.05) is 10.6 Å². The molecule has 0 spiro atoms. The molecule has 0 aliphatic heterocycles. The molecule has 2 aromatic carbocycles. The van der Waals surface area contributed by atoms with Crippen LogP contribution in [0.15, 0.2) is 70.5 Å². The van der Waals surface area contributed by atoms with Gasteiger partial charge < -0.3 is 25.3 Å². The van der Waals surface area contributed by atoms with E-state index >= 15 is 4.39 Å². The third-order valence-electron chi connectivity index (χ3n) is 5.29. The highest BCUT2D eigenvalue weighted by atomic mass is 32.1. The van der Waals surface area contributed by atoms with Gasteiger partial charge in [0.05, 0.1) is 11.6 Å². The van der Waals surface area contributed by atoms with Crippen LogP contribution in [0, 0.1) is 15.9 Å². The summed E-state index contributed by atoms with van der Waals surface area (Å²) in [5.41, 5.74) is 0.788. The van der Waals surface area contributed by atoms with E-state index in [-0.39, 0.29) is 34.6 Å². The lowest BCUT2D eigenvalue weighted by molar-refractivity contribution is -0.402. The summed E-state index contributed by atoms with van der Waals surface area (Å²) < 4.78 is 20.5. The van der Waals surface area contributed by atoms with Crippen LogP contribution in [-0.4, -0.2) is 36.0 Å². The Morgan fingerprint density at radius 2 is 1.75 bits per heavy atom. The molecule has 0 aliphatic rings. The van der Waals surface area contributed by atoms with Gasteiger partial charge in [-0.1, -0.05) is 12.1 Å². The van der Waals surface area contributed by atoms with Crippen LogP contribution in [0.25, 0.3) is 22.7 Å². The minimum Gasteiger partial charge on any atom is -0.508 e. The maximum atomic E-state index is 15.5. The Hall–Kier alpha value is -5.63. The van der Waals surface area contributed by atoms with E-state index in [0.29, 0.717) is 16.3 Å². The first-order chi connectivity index (χ1) is 19.3. The number of halogens is 1. The van der Waals surface area contributed by atoms with Gasteiger partial charge in [-0.3, -0.25) is 14.9 Å². The molecule has 4 N–H and O–H groups in total. The summed E-state index contributed by atoms with van der Waals surface area (Å²) in [6.45, 7) is 0. The highest BCUT2D eigenvalue weighted by molar-refractivity contribution is 7.13. The van der Waals surface area contributed by atoms with Crippen LogP contribution in [0.3, 0.4) is 0 Å². The topological polar surface area (TPSA) is 177 Å². The molecule has 200 valence electrons. The zero-order valence-corrected chi connectivity index (χ0v) is 20.9. The SMILES string of the molecule is O=C(Nc1nc(/C=C/c2ccc([N+](=O)[O-])o2)nc(Nc2ccc(O)cc2)c1F)c1csc(-c2ccccc2O)n1. The number of benzene rings is 2. The standard InChI is InChI=1S/C26H17FN6O6S/c27-22-23(28-14-5-7-15(34)8-6-14)30-20(11-9-16-10-12-21(39-16)33(37)38)31-24(22)32-25(36)18-13-40-26(29-18)17-3-1-2-4-19(17)35/h1-13,34-35H,(H2,28,30,31,32,36)/b11-9+. The zero-order chi connectivity index (χ0) is 28.2. The number of carbonyl (C=O) groups is 1. The summed E-state index contributed by atoms with van der Waals surface area (Å²) in [5, 5.41) is 37.5. The Morgan fingerprint density at radius 3 is 2.48 bits per heavy atom. The highest BCUT2D eigenvalue weighted by Crippen LogP contribution is 2.31. The Bertz CT molecular complexity index is 1750. The van der Waals surface area contributed by atoms with E-state index in [1.165, 1.54) is 60.0 Å². The van der Waals surface area contributed by atoms with E-state index in [2.05, 4.69) is 25.6 Å². The summed E-state index contributed by atoms with van der Waals surface area (Å²) in [6.07, 6.45) is 2.66. The number of aromatic hydroxyl groups is 2. The minimum absolute atomic E-state index is 0.00396. The largest absolute Gasteiger partial charge is 0.508 e. The molecule has 12 nitrogen and oxygen atoms in total. The fourth-order valence-corrected chi connectivity index (χ4v) is 4.23. The van der Waals surface area contributed by atoms with Crippen molar-refractivity contribution in [3.63, 3.8) is 0 Å². The average Bonchev–Trinajstić information content (AvgIpc) is 3.62. The fraction of sp³-hybridized carbons (Fsp3) is 0. The number of nitrogens with zero attached hydrogens (tertiary/aromatic N) is 4. The van der Waals surface area contributed by atoms with Crippen LogP contribution in [0.5, 0.6) is 11.5 Å². The molecule has 40 heavy (non-hydrogen) atoms. The number of thiazole rings is 1. The second-order valence-electron chi connectivity index (χ2n) is 8.04. The van der Waals surface area contributed by atoms with E-state index < -0.39 is 28.3 Å². The fourth-order valence-electron chi connectivity index (χ4n) is 3.40. The number of anilines is 3. The number of nitrogens with one attached hydrogen (secondary N) is 2. The molecule has 0 atom stereocenters. The Labute approximate surface area is 228 Å². The van der Waals surface area contributed by atoms with Gasteiger partial charge in [-0.2, -0.15) is 4.39 Å². The molecule has 0 fully saturated rings. The summed E-state index contributed by atoms with van der Waals surface area (Å²) in [7, 11) is 0. The summed E-state index contributed by atoms with van der Waals surface area (Å²) in [6, 6.07) is 14.8. The zero-order valence-electron chi connectivity index (χ0n) is 20.1. The van der Waals surface area contributed by atoms with Crippen LogP contribution >= 0.6 is 11.3 Å². The predicted octanol–water partition coefficient (Wildman–Crippen LogP) is 5.82. The first-order valence-corrected chi connectivity index (χ1v) is 12.3. The van der Waals surface area contributed by atoms with Crippen LogP contribution in [0.2, 0.25) is 0 Å². The predicted molar refractivity (Wildman–Crippen MR) is 145 cm³/mol. The molecule has 3 heterocycles. The van der Waals surface area contributed by atoms with Crippen LogP contribution < -0.4 is 10.6 Å². The van der Waals surface area contributed by atoms with Gasteiger partial charge in [-0.15, -0.1) is 11.3 Å². The van der Waals surface area contributed by atoms with E-state index in [0.717, 1.165) is 11.3 Å². The van der Waals surface area contributed by atoms with Crippen molar-refractivity contribution >= 4 is 52.6 Å². The van der Waals surface area contributed by atoms with E-state index in [9.17, 15) is 25.1 Å². The van der Waals surface area contributed by atoms with Crippen LogP contribution in [0.1, 0.15) is 22.1 Å². The first kappa shape index (κ1) is 26.0. The first-order valence-electron chi connectivity index (χ1n) is 11.4. The van der Waals surface area contributed by atoms with Gasteiger partial charge in [0.1, 0.15) is 32.9 Å². The normalized spacial score (nSPS) is 11.0. The molecule has 5 aromatic rings. The van der Waals surface area contributed by atoms with Gasteiger partial charge in [-0.25, -0.2) is 15.0 Å². The quantitative estimate of drug-likeness (QED) is 0.103. The van der Waals surface area contributed by atoms with Crippen molar-refractivity contribution < 1.29 is 28.7 Å². The second kappa shape index (κ2) is 11.0. The summed E-state index contributed by atoms with van der Waals surface area (Å²) in [5.74, 6) is -2.92. The number of aromatic nitrogens is 3. The number of nitro groups is 1. The Kier molecular flexibility index (Phi) is 7.15. The van der Waals surface area contributed by atoms with Gasteiger partial charge in [-0.05, 0) is 54.6 Å². The molecule has 3 aromatic heterocycles. The van der Waals surface area contributed by atoms with Crippen LogP contribution in [-0.2, 0) is 0 Å². The molecule has 0 radical (unpaired) electrons. The number of carbonyl (C=O) groups excluding carboxylic acids is 1. The monoisotopic (exact) mass is 560 g/mol. The second-order valence-corrected chi connectivity index (χ2v) is 8.90. The van der Waals surface area contributed by atoms with E-state index in [4.69, 9.17) is 4.42 Å². The molecular weight excluding hydrogens is 543 g/mol. The molecule has 0 unspecified atom stereocenters. The van der Waals surface area contributed by atoms with Crippen molar-refractivity contribution in [2.24, 2.45) is 0 Å². The van der Waals surface area contributed by atoms with Crippen LogP contribution in [0.4, 0.5) is 27.6 Å². The third-order valence-corrected chi connectivity index (χ3v) is 6.17. The minimum atomic E-state index is -0.983. The number of phenols is 2. The van der Waals surface area contributed by atoms with Crippen molar-refractivity contribution in [1.82, 2.24) is 15.0 Å². The number of para-hydroxylation sites is 1. The molecule has 0 saturated carbocycles. The van der Waals surface area contributed by atoms with Gasteiger partial charge in [0.2, 0.25) is 5.82 Å². The lowest BCUT2D eigenvalue weighted by atomic mass is 10.2. The lowest BCUT2D eigenvalue weighted by Crippen LogP contribution is -2.16. The number of amides is 1. The van der Waals surface area contributed by atoms with Gasteiger partial charge in [0, 0.05) is 11.1 Å². The molecule has 5 rings (SSSR count). The lowest BCUT2D eigenvalue weighted by Gasteiger charge is -2.11. The van der Waals surface area contributed by atoms with Gasteiger partial charge in [0.25, 0.3) is 5.91 Å². The molecule has 0 saturated heterocycles. The molecule has 1 amide bonds. The number of hydrogen-bond acceptors (Lipinski definition) is 11. The van der Waals surface area contributed by atoms with Gasteiger partial charge in [0.15, 0.2) is 17.5 Å². The van der Waals surface area contributed by atoms with Crippen molar-refractivity contribution in [3.05, 3.63) is 99.3 Å². The maximum absolute atomic E-state index is 15.5. The molecule has 14 heteroatoms. The highest BCUT2D eigenvalue weighted by Gasteiger charge is 2.20. The van der Waals surface area contributed by atoms with Crippen molar-refractivity contribution in [2.45, 2.75) is 0 Å². The van der Waals surface area contributed by atoms with E-state index in [1.807, 2.05) is 0 Å². The number of furan rings is 1. The molecule has 0 bridgehead atoms. The third kappa shape index (κ3) is 5.76. The van der Waals surface area contributed by atoms with Crippen molar-refractivity contribution in [1.29, 1.82) is 0 Å². The maximum Gasteiger partial charge on any atom is 0.433 e. The van der Waals surface area contributed by atoms with Crippen molar-refractivity contribution in [3.8, 4) is 22.1 Å². The Balaban J connectivity index is 1.45. The summed E-state index contributed by atoms with van der Waals surface area (Å²) in [4.78, 5) is 35.6. The average molecular weight is 561 g/mol. The Morgan fingerprint density at radius 1 is 1.00 bits per heavy atom. The smallest absolute Gasteiger partial charge is 0.433 e. The van der Waals surface area contributed by atoms with Gasteiger partial charge >= 0.3 is 5.88 Å².